The molecule has 0 bridgehead atoms. The average Bonchev–Trinajstić information content (AvgIpc) is 3.36. The van der Waals surface area contributed by atoms with Crippen molar-refractivity contribution in [1.29, 1.82) is 0 Å². The van der Waals surface area contributed by atoms with Crippen LogP contribution in [0.3, 0.4) is 0 Å². The first-order valence-corrected chi connectivity index (χ1v) is 9.25. The van der Waals surface area contributed by atoms with Gasteiger partial charge in [-0.25, -0.2) is 8.91 Å². The molecule has 3 heterocycles. The molecule has 3 aromatic heterocycles. The van der Waals surface area contributed by atoms with Crippen molar-refractivity contribution in [2.24, 2.45) is 0 Å². The van der Waals surface area contributed by atoms with E-state index >= 15 is 0 Å². The molecule has 28 heavy (non-hydrogen) atoms. The number of aryl methyl sites for hydroxylation is 1. The lowest BCUT2D eigenvalue weighted by Crippen LogP contribution is -2.24. The molecule has 0 N–H and O–H groups in total. The number of nitrogens with zero attached hydrogens (tertiary/aromatic N) is 4. The lowest BCUT2D eigenvalue weighted by atomic mass is 9.87. The molecule has 0 fully saturated rings. The van der Waals surface area contributed by atoms with Gasteiger partial charge in [0.05, 0.1) is 23.2 Å². The summed E-state index contributed by atoms with van der Waals surface area (Å²) < 4.78 is 20.6. The number of aromatic nitrogens is 4. The molecule has 1 atom stereocenters. The first-order valence-electron chi connectivity index (χ1n) is 9.25. The molecule has 7 heteroatoms. The van der Waals surface area contributed by atoms with Crippen LogP contribution in [0.1, 0.15) is 46.9 Å². The Balaban J connectivity index is 1.70. The molecule has 0 unspecified atom stereocenters. The number of carbonyl (C=O) groups is 1. The van der Waals surface area contributed by atoms with E-state index in [4.69, 9.17) is 9.52 Å². The van der Waals surface area contributed by atoms with Gasteiger partial charge in [0, 0.05) is 18.8 Å². The molecule has 0 saturated heterocycles. The van der Waals surface area contributed by atoms with Crippen molar-refractivity contribution in [3.8, 4) is 11.1 Å². The zero-order valence-corrected chi connectivity index (χ0v) is 15.2. The Bertz CT molecular complexity index is 1180. The summed E-state index contributed by atoms with van der Waals surface area (Å²) in [5.74, 6) is 0.374. The number of benzene rings is 1. The minimum atomic E-state index is -0.298. The Hall–Kier alpha value is -3.35. The molecule has 0 amide bonds. The predicted molar refractivity (Wildman–Crippen MR) is 99.7 cm³/mol. The normalized spacial score (nSPS) is 16.5. The maximum absolute atomic E-state index is 13.4. The van der Waals surface area contributed by atoms with Crippen LogP contribution in [-0.2, 0) is 12.8 Å². The fraction of sp³-hybridized carbons (Fsp3) is 0.238. The third-order valence-electron chi connectivity index (χ3n) is 5.26. The molecule has 1 aliphatic carbocycles. The second-order valence-corrected chi connectivity index (χ2v) is 6.96. The molecule has 5 rings (SSSR count). The Kier molecular flexibility index (Phi) is 3.82. The van der Waals surface area contributed by atoms with E-state index in [2.05, 4.69) is 10.2 Å². The van der Waals surface area contributed by atoms with Gasteiger partial charge in [0.2, 0.25) is 0 Å². The van der Waals surface area contributed by atoms with E-state index in [0.717, 1.165) is 28.3 Å². The number of halogens is 1. The average molecular weight is 376 g/mol. The van der Waals surface area contributed by atoms with Crippen LogP contribution >= 0.6 is 0 Å². The third-order valence-corrected chi connectivity index (χ3v) is 5.26. The molecule has 4 aromatic rings. The molecule has 0 spiro atoms. The topological polar surface area (TPSA) is 73.3 Å². The predicted octanol–water partition coefficient (Wildman–Crippen LogP) is 4.00. The van der Waals surface area contributed by atoms with Crippen LogP contribution in [0.2, 0.25) is 0 Å². The lowest BCUT2D eigenvalue weighted by Gasteiger charge is -2.21. The molecular weight excluding hydrogens is 359 g/mol. The van der Waals surface area contributed by atoms with Gasteiger partial charge in [0.15, 0.2) is 17.1 Å². The summed E-state index contributed by atoms with van der Waals surface area (Å²) in [6.45, 7) is 2.01. The lowest BCUT2D eigenvalue weighted by molar-refractivity contribution is 0.0951. The van der Waals surface area contributed by atoms with Crippen molar-refractivity contribution in [2.45, 2.75) is 32.1 Å². The highest BCUT2D eigenvalue weighted by molar-refractivity contribution is 5.97. The second-order valence-electron chi connectivity index (χ2n) is 6.96. The van der Waals surface area contributed by atoms with Gasteiger partial charge in [-0.05, 0) is 36.2 Å². The molecular formula is C21H17FN4O2. The Morgan fingerprint density at radius 2 is 2.00 bits per heavy atom. The van der Waals surface area contributed by atoms with Crippen LogP contribution in [0, 0.1) is 5.82 Å². The van der Waals surface area contributed by atoms with Crippen molar-refractivity contribution >= 4 is 11.4 Å². The second kappa shape index (κ2) is 6.37. The monoisotopic (exact) mass is 376 g/mol. The fourth-order valence-corrected chi connectivity index (χ4v) is 3.90. The highest BCUT2D eigenvalue weighted by Gasteiger charge is 2.32. The van der Waals surface area contributed by atoms with Crippen molar-refractivity contribution in [3.05, 3.63) is 71.3 Å². The fourth-order valence-electron chi connectivity index (χ4n) is 3.90. The summed E-state index contributed by atoms with van der Waals surface area (Å²) >= 11 is 0. The molecule has 0 saturated carbocycles. The summed E-state index contributed by atoms with van der Waals surface area (Å²) in [5.41, 5.74) is 4.17. The van der Waals surface area contributed by atoms with Crippen molar-refractivity contribution < 1.29 is 13.6 Å². The summed E-state index contributed by atoms with van der Waals surface area (Å²) in [7, 11) is 0. The molecule has 1 aliphatic rings. The summed E-state index contributed by atoms with van der Waals surface area (Å²) in [5, 5.41) is 13.3. The number of Topliss-reactive ketones (excluding diaryl/α,β-unsaturated/α-hetero) is 1. The van der Waals surface area contributed by atoms with Gasteiger partial charge in [-0.15, -0.1) is 10.2 Å². The van der Waals surface area contributed by atoms with Crippen LogP contribution in [-0.4, -0.2) is 25.6 Å². The number of carbonyl (C=O) groups excluding carboxylic acids is 1. The standard InChI is InChI=1S/C21H17FN4O2/c1-2-15-19(12-5-7-14(22)8-6-12)21-24-23-20-16(26(21)25-15)10-13(11-17(20)27)18-4-3-9-28-18/h3-9,13H,2,10-11H2,1H3/t13-/m0/s1. The van der Waals surface area contributed by atoms with Crippen LogP contribution in [0.15, 0.2) is 47.1 Å². The van der Waals surface area contributed by atoms with E-state index in [1.54, 1.807) is 22.9 Å². The number of hydrogen-bond donors (Lipinski definition) is 0. The number of hydrogen-bond acceptors (Lipinski definition) is 5. The largest absolute Gasteiger partial charge is 0.469 e. The quantitative estimate of drug-likeness (QED) is 0.540. The van der Waals surface area contributed by atoms with Gasteiger partial charge < -0.3 is 4.42 Å². The number of furan rings is 1. The Morgan fingerprint density at radius 3 is 2.71 bits per heavy atom. The smallest absolute Gasteiger partial charge is 0.185 e. The zero-order chi connectivity index (χ0) is 19.3. The highest BCUT2D eigenvalue weighted by atomic mass is 19.1. The molecule has 1 aromatic carbocycles. The van der Waals surface area contributed by atoms with Gasteiger partial charge in [0.1, 0.15) is 11.6 Å². The van der Waals surface area contributed by atoms with Crippen LogP contribution < -0.4 is 0 Å². The van der Waals surface area contributed by atoms with Gasteiger partial charge in [-0.3, -0.25) is 4.79 Å². The van der Waals surface area contributed by atoms with Gasteiger partial charge in [0.25, 0.3) is 0 Å². The Morgan fingerprint density at radius 1 is 1.18 bits per heavy atom. The molecule has 0 radical (unpaired) electrons. The van der Waals surface area contributed by atoms with Crippen molar-refractivity contribution in [2.75, 3.05) is 0 Å². The highest BCUT2D eigenvalue weighted by Crippen LogP contribution is 2.34. The zero-order valence-electron chi connectivity index (χ0n) is 15.2. The van der Waals surface area contributed by atoms with Gasteiger partial charge in [-0.1, -0.05) is 19.1 Å². The first-order chi connectivity index (χ1) is 13.7. The van der Waals surface area contributed by atoms with E-state index in [-0.39, 0.29) is 17.5 Å². The summed E-state index contributed by atoms with van der Waals surface area (Å²) in [4.78, 5) is 12.7. The maximum atomic E-state index is 13.4. The maximum Gasteiger partial charge on any atom is 0.185 e. The van der Waals surface area contributed by atoms with E-state index in [1.807, 2.05) is 19.1 Å². The van der Waals surface area contributed by atoms with Gasteiger partial charge in [-0.2, -0.15) is 5.10 Å². The third kappa shape index (κ3) is 2.54. The first kappa shape index (κ1) is 16.8. The van der Waals surface area contributed by atoms with E-state index in [9.17, 15) is 9.18 Å². The SMILES string of the molecule is CCc1nn2c3c(nnc2c1-c1ccc(F)cc1)C(=O)C[C@@H](c1ccco1)C3. The van der Waals surface area contributed by atoms with Crippen LogP contribution in [0.4, 0.5) is 4.39 Å². The molecule has 0 aliphatic heterocycles. The molecule has 6 nitrogen and oxygen atoms in total. The van der Waals surface area contributed by atoms with E-state index in [1.165, 1.54) is 12.1 Å². The van der Waals surface area contributed by atoms with Crippen molar-refractivity contribution in [3.63, 3.8) is 0 Å². The number of rotatable bonds is 3. The number of ketones is 1. The van der Waals surface area contributed by atoms with Gasteiger partial charge >= 0.3 is 0 Å². The van der Waals surface area contributed by atoms with Crippen LogP contribution in [0.25, 0.3) is 16.8 Å². The Labute approximate surface area is 160 Å². The summed E-state index contributed by atoms with van der Waals surface area (Å²) in [6.07, 6.45) is 3.23. The van der Waals surface area contributed by atoms with Crippen LogP contribution in [0.5, 0.6) is 0 Å². The molecule has 140 valence electrons. The van der Waals surface area contributed by atoms with Crippen molar-refractivity contribution in [1.82, 2.24) is 19.8 Å². The minimum Gasteiger partial charge on any atom is -0.469 e. The summed E-state index contributed by atoms with van der Waals surface area (Å²) in [6, 6.07) is 9.97. The van der Waals surface area contributed by atoms with E-state index in [0.29, 0.717) is 30.6 Å². The minimum absolute atomic E-state index is 0.0500. The number of fused-ring (bicyclic) bond motifs is 3. The van der Waals surface area contributed by atoms with E-state index < -0.39 is 0 Å².